The Kier molecular flexibility index (Phi) is 2.29. The van der Waals surface area contributed by atoms with Crippen LogP contribution < -0.4 is 0 Å². The Balaban J connectivity index is 1.96. The molecule has 1 aliphatic carbocycles. The van der Waals surface area contributed by atoms with Crippen LogP contribution in [0, 0.1) is 5.92 Å². The molecule has 2 aromatic heterocycles. The van der Waals surface area contributed by atoms with Gasteiger partial charge in [-0.05, 0) is 30.4 Å². The van der Waals surface area contributed by atoms with Crippen LogP contribution in [0.5, 0.6) is 0 Å². The topological polar surface area (TPSA) is 63.8 Å². The molecule has 6 heteroatoms. The second kappa shape index (κ2) is 3.68. The Morgan fingerprint density at radius 3 is 3.00 bits per heavy atom. The first-order valence-corrected chi connectivity index (χ1v) is 5.62. The standard InChI is InChI=1S/C10H11ClN4O/c11-10-12-3-7-4-13-15(9(7)14-10)8-1-6(2-8)5-16/h3-4,6,8,16H,1-2,5H2/t6-,8+. The van der Waals surface area contributed by atoms with Gasteiger partial charge in [-0.15, -0.1) is 0 Å². The SMILES string of the molecule is OC[C@H]1C[C@@H](n2ncc3cnc(Cl)nc32)C1. The summed E-state index contributed by atoms with van der Waals surface area (Å²) in [6, 6.07) is 0.334. The quantitative estimate of drug-likeness (QED) is 0.804. The maximum atomic E-state index is 8.98. The number of fused-ring (bicyclic) bond motifs is 1. The number of halogens is 1. The molecule has 2 heterocycles. The van der Waals surface area contributed by atoms with Gasteiger partial charge in [0.25, 0.3) is 0 Å². The summed E-state index contributed by atoms with van der Waals surface area (Å²) in [5, 5.41) is 14.4. The third-order valence-electron chi connectivity index (χ3n) is 3.12. The molecule has 0 radical (unpaired) electrons. The van der Waals surface area contributed by atoms with Crippen molar-refractivity contribution in [3.05, 3.63) is 17.7 Å². The molecular weight excluding hydrogens is 228 g/mol. The van der Waals surface area contributed by atoms with Gasteiger partial charge in [-0.1, -0.05) is 0 Å². The zero-order chi connectivity index (χ0) is 11.1. The molecule has 0 amide bonds. The first-order chi connectivity index (χ1) is 7.78. The average Bonchev–Trinajstić information content (AvgIpc) is 2.60. The van der Waals surface area contributed by atoms with E-state index in [0.29, 0.717) is 12.0 Å². The van der Waals surface area contributed by atoms with Crippen molar-refractivity contribution in [3.8, 4) is 0 Å². The number of hydrogen-bond acceptors (Lipinski definition) is 4. The highest BCUT2D eigenvalue weighted by Crippen LogP contribution is 2.38. The molecule has 16 heavy (non-hydrogen) atoms. The lowest BCUT2D eigenvalue weighted by Gasteiger charge is -2.34. The average molecular weight is 239 g/mol. The molecule has 0 spiro atoms. The van der Waals surface area contributed by atoms with Gasteiger partial charge in [0.05, 0.1) is 17.6 Å². The molecule has 1 N–H and O–H groups in total. The van der Waals surface area contributed by atoms with Crippen molar-refractivity contribution in [2.45, 2.75) is 18.9 Å². The van der Waals surface area contributed by atoms with Crippen LogP contribution in [0.1, 0.15) is 18.9 Å². The third-order valence-corrected chi connectivity index (χ3v) is 3.30. The first-order valence-electron chi connectivity index (χ1n) is 5.24. The number of aliphatic hydroxyl groups is 1. The van der Waals surface area contributed by atoms with Crippen molar-refractivity contribution in [1.82, 2.24) is 19.7 Å². The van der Waals surface area contributed by atoms with Crippen LogP contribution in [-0.4, -0.2) is 31.5 Å². The summed E-state index contributed by atoms with van der Waals surface area (Å²) < 4.78 is 1.88. The zero-order valence-electron chi connectivity index (χ0n) is 8.54. The fourth-order valence-corrected chi connectivity index (χ4v) is 2.26. The van der Waals surface area contributed by atoms with Crippen molar-refractivity contribution in [2.75, 3.05) is 6.61 Å². The molecule has 1 fully saturated rings. The summed E-state index contributed by atoms with van der Waals surface area (Å²) >= 11 is 5.77. The zero-order valence-corrected chi connectivity index (χ0v) is 9.30. The van der Waals surface area contributed by atoms with Gasteiger partial charge in [0.1, 0.15) is 0 Å². The molecular formula is C10H11ClN4O. The van der Waals surface area contributed by atoms with E-state index in [0.717, 1.165) is 23.9 Å². The van der Waals surface area contributed by atoms with Gasteiger partial charge in [0.15, 0.2) is 5.65 Å². The second-order valence-corrected chi connectivity index (χ2v) is 4.52. The Labute approximate surface area is 97.1 Å². The summed E-state index contributed by atoms with van der Waals surface area (Å²) in [5.74, 6) is 0.404. The van der Waals surface area contributed by atoms with Crippen LogP contribution in [0.25, 0.3) is 11.0 Å². The molecule has 1 aliphatic rings. The number of aromatic nitrogens is 4. The lowest BCUT2D eigenvalue weighted by molar-refractivity contribution is 0.107. The molecule has 0 bridgehead atoms. The summed E-state index contributed by atoms with van der Waals surface area (Å²) in [6.07, 6.45) is 5.33. The maximum absolute atomic E-state index is 8.98. The minimum absolute atomic E-state index is 0.243. The van der Waals surface area contributed by atoms with E-state index in [2.05, 4.69) is 15.1 Å². The van der Waals surface area contributed by atoms with E-state index in [1.54, 1.807) is 12.4 Å². The van der Waals surface area contributed by atoms with Gasteiger partial charge in [0.2, 0.25) is 5.28 Å². The van der Waals surface area contributed by atoms with Crippen LogP contribution in [0.15, 0.2) is 12.4 Å². The van der Waals surface area contributed by atoms with Crippen molar-refractivity contribution >= 4 is 22.6 Å². The van der Waals surface area contributed by atoms with Crippen LogP contribution in [-0.2, 0) is 0 Å². The second-order valence-electron chi connectivity index (χ2n) is 4.18. The number of nitrogens with zero attached hydrogens (tertiary/aromatic N) is 4. The van der Waals surface area contributed by atoms with Gasteiger partial charge >= 0.3 is 0 Å². The molecule has 0 unspecified atom stereocenters. The molecule has 5 nitrogen and oxygen atoms in total. The van der Waals surface area contributed by atoms with E-state index >= 15 is 0 Å². The summed E-state index contributed by atoms with van der Waals surface area (Å²) in [7, 11) is 0. The van der Waals surface area contributed by atoms with Crippen LogP contribution in [0.4, 0.5) is 0 Å². The van der Waals surface area contributed by atoms with Gasteiger partial charge in [-0.2, -0.15) is 10.1 Å². The number of rotatable bonds is 2. The van der Waals surface area contributed by atoms with E-state index in [-0.39, 0.29) is 11.9 Å². The highest BCUT2D eigenvalue weighted by atomic mass is 35.5. The maximum Gasteiger partial charge on any atom is 0.224 e. The molecule has 0 aromatic carbocycles. The normalized spacial score (nSPS) is 24.6. The van der Waals surface area contributed by atoms with E-state index in [4.69, 9.17) is 16.7 Å². The van der Waals surface area contributed by atoms with E-state index in [9.17, 15) is 0 Å². The molecule has 0 saturated heterocycles. The van der Waals surface area contributed by atoms with Gasteiger partial charge in [-0.3, -0.25) is 0 Å². The molecule has 1 saturated carbocycles. The van der Waals surface area contributed by atoms with E-state index in [1.165, 1.54) is 0 Å². The van der Waals surface area contributed by atoms with Gasteiger partial charge in [-0.25, -0.2) is 9.67 Å². The fraction of sp³-hybridized carbons (Fsp3) is 0.500. The van der Waals surface area contributed by atoms with Gasteiger partial charge in [0, 0.05) is 12.8 Å². The largest absolute Gasteiger partial charge is 0.396 e. The van der Waals surface area contributed by atoms with Crippen LogP contribution in [0.2, 0.25) is 5.28 Å². The predicted octanol–water partition coefficient (Wildman–Crippen LogP) is 1.42. The lowest BCUT2D eigenvalue weighted by atomic mass is 9.81. The van der Waals surface area contributed by atoms with Crippen LogP contribution >= 0.6 is 11.6 Å². The van der Waals surface area contributed by atoms with Crippen molar-refractivity contribution in [1.29, 1.82) is 0 Å². The summed E-state index contributed by atoms with van der Waals surface area (Å²) in [4.78, 5) is 8.10. The molecule has 84 valence electrons. The van der Waals surface area contributed by atoms with E-state index in [1.807, 2.05) is 4.68 Å². The minimum Gasteiger partial charge on any atom is -0.396 e. The summed E-state index contributed by atoms with van der Waals surface area (Å²) in [6.45, 7) is 0.255. The highest BCUT2D eigenvalue weighted by Gasteiger charge is 2.31. The van der Waals surface area contributed by atoms with Crippen molar-refractivity contribution in [3.63, 3.8) is 0 Å². The lowest BCUT2D eigenvalue weighted by Crippen LogP contribution is -2.29. The Morgan fingerprint density at radius 2 is 2.25 bits per heavy atom. The minimum atomic E-state index is 0.243. The monoisotopic (exact) mass is 238 g/mol. The Morgan fingerprint density at radius 1 is 1.44 bits per heavy atom. The van der Waals surface area contributed by atoms with E-state index < -0.39 is 0 Å². The molecule has 0 atom stereocenters. The number of aliphatic hydroxyl groups excluding tert-OH is 1. The first kappa shape index (κ1) is 9.99. The molecule has 3 rings (SSSR count). The van der Waals surface area contributed by atoms with Gasteiger partial charge < -0.3 is 5.11 Å². The fourth-order valence-electron chi connectivity index (χ4n) is 2.13. The van der Waals surface area contributed by atoms with Crippen molar-refractivity contribution in [2.24, 2.45) is 5.92 Å². The molecule has 0 aliphatic heterocycles. The Bertz CT molecular complexity index is 521. The van der Waals surface area contributed by atoms with Crippen LogP contribution in [0.3, 0.4) is 0 Å². The predicted molar refractivity (Wildman–Crippen MR) is 59.2 cm³/mol. The number of hydrogen-bond donors (Lipinski definition) is 1. The Hall–Kier alpha value is -1.20. The molecule has 2 aromatic rings. The third kappa shape index (κ3) is 1.47. The summed E-state index contributed by atoms with van der Waals surface area (Å²) in [5.41, 5.74) is 0.779. The highest BCUT2D eigenvalue weighted by molar-refractivity contribution is 6.28. The van der Waals surface area contributed by atoms with Crippen molar-refractivity contribution < 1.29 is 5.11 Å². The smallest absolute Gasteiger partial charge is 0.224 e.